The fraction of sp³-hybridized carbons (Fsp3) is 0.444. The third kappa shape index (κ3) is 2.42. The van der Waals surface area contributed by atoms with Crippen LogP contribution in [-0.4, -0.2) is 10.5 Å². The molecule has 3 N–H and O–H groups in total. The van der Waals surface area contributed by atoms with E-state index < -0.39 is 0 Å². The van der Waals surface area contributed by atoms with Crippen molar-refractivity contribution >= 4 is 11.5 Å². The van der Waals surface area contributed by atoms with Gasteiger partial charge < -0.3 is 11.1 Å². The van der Waals surface area contributed by atoms with Crippen molar-refractivity contribution in [3.63, 3.8) is 0 Å². The van der Waals surface area contributed by atoms with E-state index in [1.807, 2.05) is 12.1 Å². The zero-order valence-electron chi connectivity index (χ0n) is 7.76. The topological polar surface area (TPSA) is 50.9 Å². The first kappa shape index (κ1) is 8.84. The fourth-order valence-corrected chi connectivity index (χ4v) is 0.927. The van der Waals surface area contributed by atoms with E-state index in [2.05, 4.69) is 31.1 Å². The molecule has 0 aliphatic heterocycles. The molecule has 0 atom stereocenters. The molecule has 0 saturated heterocycles. The smallest absolute Gasteiger partial charge is 0.146 e. The highest BCUT2D eigenvalue weighted by Gasteiger charge is 2.10. The van der Waals surface area contributed by atoms with Gasteiger partial charge in [0.05, 0.1) is 5.69 Å². The SMILES string of the molecule is CC(C)(C)Nc1cccnc1N. The van der Waals surface area contributed by atoms with Crippen LogP contribution in [0.4, 0.5) is 11.5 Å². The van der Waals surface area contributed by atoms with E-state index in [1.165, 1.54) is 0 Å². The van der Waals surface area contributed by atoms with Crippen molar-refractivity contribution in [3.8, 4) is 0 Å². The first-order chi connectivity index (χ1) is 5.49. The quantitative estimate of drug-likeness (QED) is 0.668. The molecule has 1 aromatic rings. The molecule has 0 fully saturated rings. The number of pyridine rings is 1. The first-order valence-corrected chi connectivity index (χ1v) is 3.98. The molecule has 0 aliphatic carbocycles. The second kappa shape index (κ2) is 3.01. The Bertz CT molecular complexity index is 263. The van der Waals surface area contributed by atoms with Crippen LogP contribution < -0.4 is 11.1 Å². The van der Waals surface area contributed by atoms with E-state index in [0.29, 0.717) is 5.82 Å². The third-order valence-corrected chi connectivity index (χ3v) is 1.35. The number of hydrogen-bond donors (Lipinski definition) is 2. The molecule has 3 heteroatoms. The molecule has 0 bridgehead atoms. The van der Waals surface area contributed by atoms with Crippen LogP contribution in [-0.2, 0) is 0 Å². The van der Waals surface area contributed by atoms with Gasteiger partial charge in [-0.05, 0) is 32.9 Å². The van der Waals surface area contributed by atoms with E-state index in [0.717, 1.165) is 5.69 Å². The van der Waals surface area contributed by atoms with E-state index in [1.54, 1.807) is 6.20 Å². The number of nitrogens with two attached hydrogens (primary N) is 1. The van der Waals surface area contributed by atoms with Gasteiger partial charge >= 0.3 is 0 Å². The highest BCUT2D eigenvalue weighted by atomic mass is 15.0. The minimum Gasteiger partial charge on any atom is -0.382 e. The number of nitrogens with zero attached hydrogens (tertiary/aromatic N) is 1. The van der Waals surface area contributed by atoms with Crippen molar-refractivity contribution in [2.75, 3.05) is 11.1 Å². The molecule has 1 rings (SSSR count). The molecule has 12 heavy (non-hydrogen) atoms. The lowest BCUT2D eigenvalue weighted by Crippen LogP contribution is -2.26. The second-order valence-corrected chi connectivity index (χ2v) is 3.81. The Morgan fingerprint density at radius 2 is 2.08 bits per heavy atom. The average molecular weight is 165 g/mol. The van der Waals surface area contributed by atoms with Crippen molar-refractivity contribution in [3.05, 3.63) is 18.3 Å². The van der Waals surface area contributed by atoms with Crippen LogP contribution >= 0.6 is 0 Å². The van der Waals surface area contributed by atoms with Gasteiger partial charge in [-0.25, -0.2) is 4.98 Å². The fourth-order valence-electron chi connectivity index (χ4n) is 0.927. The molecule has 0 aromatic carbocycles. The molecule has 0 unspecified atom stereocenters. The van der Waals surface area contributed by atoms with Crippen LogP contribution in [0.1, 0.15) is 20.8 Å². The summed E-state index contributed by atoms with van der Waals surface area (Å²) in [5.74, 6) is 0.549. The molecule has 1 heterocycles. The Kier molecular flexibility index (Phi) is 2.22. The number of nitrogen functional groups attached to an aromatic ring is 1. The van der Waals surface area contributed by atoms with Gasteiger partial charge in [0.15, 0.2) is 0 Å². The summed E-state index contributed by atoms with van der Waals surface area (Å²) in [6.07, 6.45) is 1.68. The number of nitrogens with one attached hydrogen (secondary N) is 1. The van der Waals surface area contributed by atoms with Crippen LogP contribution in [0.3, 0.4) is 0 Å². The largest absolute Gasteiger partial charge is 0.382 e. The Labute approximate surface area is 73.0 Å². The van der Waals surface area contributed by atoms with Gasteiger partial charge in [0.25, 0.3) is 0 Å². The zero-order valence-corrected chi connectivity index (χ0v) is 7.76. The minimum absolute atomic E-state index is 0.0250. The van der Waals surface area contributed by atoms with Gasteiger partial charge in [0, 0.05) is 11.7 Å². The molecule has 0 spiro atoms. The highest BCUT2D eigenvalue weighted by Crippen LogP contribution is 2.18. The standard InChI is InChI=1S/C9H15N3/c1-9(2,3)12-7-5-4-6-11-8(7)10/h4-6,12H,1-3H3,(H2,10,11). The number of hydrogen-bond acceptors (Lipinski definition) is 3. The highest BCUT2D eigenvalue weighted by molar-refractivity contribution is 5.61. The van der Waals surface area contributed by atoms with Gasteiger partial charge in [-0.3, -0.25) is 0 Å². The summed E-state index contributed by atoms with van der Waals surface area (Å²) in [4.78, 5) is 3.98. The lowest BCUT2D eigenvalue weighted by molar-refractivity contribution is 0.634. The minimum atomic E-state index is 0.0250. The zero-order chi connectivity index (χ0) is 9.19. The van der Waals surface area contributed by atoms with E-state index >= 15 is 0 Å². The average Bonchev–Trinajstić information content (AvgIpc) is 1.91. The van der Waals surface area contributed by atoms with Gasteiger partial charge in [0.2, 0.25) is 0 Å². The van der Waals surface area contributed by atoms with Gasteiger partial charge in [-0.2, -0.15) is 0 Å². The van der Waals surface area contributed by atoms with Crippen molar-refractivity contribution in [2.45, 2.75) is 26.3 Å². The number of anilines is 2. The molecular formula is C9H15N3. The maximum absolute atomic E-state index is 5.65. The monoisotopic (exact) mass is 165 g/mol. The summed E-state index contributed by atoms with van der Waals surface area (Å²) in [6.45, 7) is 6.25. The Balaban J connectivity index is 2.83. The third-order valence-electron chi connectivity index (χ3n) is 1.35. The van der Waals surface area contributed by atoms with Crippen LogP contribution in [0.5, 0.6) is 0 Å². The van der Waals surface area contributed by atoms with Crippen LogP contribution in [0.15, 0.2) is 18.3 Å². The number of aromatic nitrogens is 1. The summed E-state index contributed by atoms with van der Waals surface area (Å²) in [5.41, 5.74) is 6.57. The van der Waals surface area contributed by atoms with E-state index in [9.17, 15) is 0 Å². The summed E-state index contributed by atoms with van der Waals surface area (Å²) < 4.78 is 0. The molecule has 0 radical (unpaired) electrons. The maximum Gasteiger partial charge on any atom is 0.146 e. The van der Waals surface area contributed by atoms with Crippen molar-refractivity contribution in [1.82, 2.24) is 4.98 Å². The normalized spacial score (nSPS) is 11.2. The van der Waals surface area contributed by atoms with Crippen LogP contribution in [0.2, 0.25) is 0 Å². The Morgan fingerprint density at radius 1 is 1.42 bits per heavy atom. The van der Waals surface area contributed by atoms with E-state index in [4.69, 9.17) is 5.73 Å². The van der Waals surface area contributed by atoms with Crippen molar-refractivity contribution in [2.24, 2.45) is 0 Å². The molecule has 3 nitrogen and oxygen atoms in total. The van der Waals surface area contributed by atoms with Gasteiger partial charge in [0.1, 0.15) is 5.82 Å². The van der Waals surface area contributed by atoms with Crippen molar-refractivity contribution in [1.29, 1.82) is 0 Å². The lowest BCUT2D eigenvalue weighted by atomic mass is 10.1. The van der Waals surface area contributed by atoms with Gasteiger partial charge in [-0.15, -0.1) is 0 Å². The van der Waals surface area contributed by atoms with E-state index in [-0.39, 0.29) is 5.54 Å². The summed E-state index contributed by atoms with van der Waals surface area (Å²) in [7, 11) is 0. The number of rotatable bonds is 1. The van der Waals surface area contributed by atoms with Crippen LogP contribution in [0, 0.1) is 0 Å². The predicted octanol–water partition coefficient (Wildman–Crippen LogP) is 1.87. The predicted molar refractivity (Wildman–Crippen MR) is 52.0 cm³/mol. The molecule has 0 amide bonds. The molecule has 1 aromatic heterocycles. The Hall–Kier alpha value is -1.25. The maximum atomic E-state index is 5.65. The lowest BCUT2D eigenvalue weighted by Gasteiger charge is -2.22. The molecular weight excluding hydrogens is 150 g/mol. The molecule has 0 saturated carbocycles. The van der Waals surface area contributed by atoms with Crippen molar-refractivity contribution < 1.29 is 0 Å². The van der Waals surface area contributed by atoms with Crippen LogP contribution in [0.25, 0.3) is 0 Å². The summed E-state index contributed by atoms with van der Waals surface area (Å²) in [6, 6.07) is 3.79. The Morgan fingerprint density at radius 3 is 2.58 bits per heavy atom. The molecule has 0 aliphatic rings. The summed E-state index contributed by atoms with van der Waals surface area (Å²) >= 11 is 0. The second-order valence-electron chi connectivity index (χ2n) is 3.81. The molecule has 66 valence electrons. The first-order valence-electron chi connectivity index (χ1n) is 3.98. The summed E-state index contributed by atoms with van der Waals surface area (Å²) in [5, 5.41) is 3.26. The van der Waals surface area contributed by atoms with Gasteiger partial charge in [-0.1, -0.05) is 0 Å².